The number of hydrogen-bond acceptors (Lipinski definition) is 1. The van der Waals surface area contributed by atoms with Crippen molar-refractivity contribution in [3.63, 3.8) is 0 Å². The van der Waals surface area contributed by atoms with Gasteiger partial charge in [-0.15, -0.1) is 0 Å². The molecule has 0 fully saturated rings. The number of aryl methyl sites for hydroxylation is 1. The van der Waals surface area contributed by atoms with Crippen molar-refractivity contribution in [1.82, 2.24) is 5.32 Å². The molecule has 0 aromatic heterocycles. The highest BCUT2D eigenvalue weighted by molar-refractivity contribution is 9.10. The molecule has 1 rings (SSSR count). The van der Waals surface area contributed by atoms with Crippen LogP contribution in [0.2, 0.25) is 0 Å². The van der Waals surface area contributed by atoms with Crippen LogP contribution in [0.5, 0.6) is 0 Å². The van der Waals surface area contributed by atoms with Crippen molar-refractivity contribution >= 4 is 15.9 Å². The molecule has 1 aromatic carbocycles. The molecule has 0 spiro atoms. The number of hydrogen-bond donors (Lipinski definition) is 1. The zero-order valence-electron chi connectivity index (χ0n) is 7.82. The third-order valence-electron chi connectivity index (χ3n) is 1.97. The van der Waals surface area contributed by atoms with Crippen molar-refractivity contribution in [2.45, 2.75) is 13.3 Å². The Labute approximate surface area is 86.5 Å². The van der Waals surface area contributed by atoms with Crippen LogP contribution in [0.1, 0.15) is 11.1 Å². The zero-order chi connectivity index (χ0) is 9.84. The molecule has 1 aromatic rings. The van der Waals surface area contributed by atoms with E-state index in [9.17, 15) is 4.39 Å². The molecule has 0 aliphatic heterocycles. The predicted octanol–water partition coefficient (Wildman–Crippen LogP) is 2.66. The third-order valence-corrected chi connectivity index (χ3v) is 2.83. The van der Waals surface area contributed by atoms with E-state index in [1.807, 2.05) is 20.0 Å². The van der Waals surface area contributed by atoms with E-state index in [1.165, 1.54) is 0 Å². The second kappa shape index (κ2) is 4.72. The molecule has 0 atom stereocenters. The lowest BCUT2D eigenvalue weighted by molar-refractivity contribution is 0.603. The molecule has 0 saturated heterocycles. The molecule has 1 N–H and O–H groups in total. The van der Waals surface area contributed by atoms with Crippen molar-refractivity contribution < 1.29 is 4.39 Å². The van der Waals surface area contributed by atoms with Crippen LogP contribution < -0.4 is 5.32 Å². The fourth-order valence-electron chi connectivity index (χ4n) is 1.14. The summed E-state index contributed by atoms with van der Waals surface area (Å²) < 4.78 is 14.3. The van der Waals surface area contributed by atoms with Crippen LogP contribution in [0.3, 0.4) is 0 Å². The Hall–Kier alpha value is -0.410. The second-order valence-electron chi connectivity index (χ2n) is 3.05. The quantitative estimate of drug-likeness (QED) is 0.864. The van der Waals surface area contributed by atoms with Crippen LogP contribution in [0, 0.1) is 12.7 Å². The molecule has 13 heavy (non-hydrogen) atoms. The van der Waals surface area contributed by atoms with E-state index in [0.717, 1.165) is 28.6 Å². The molecule has 72 valence electrons. The maximum Gasteiger partial charge on any atom is 0.126 e. The van der Waals surface area contributed by atoms with Crippen LogP contribution in [0.25, 0.3) is 0 Å². The third kappa shape index (κ3) is 2.78. The molecular formula is C10H13BrFN. The Morgan fingerprint density at radius 3 is 2.77 bits per heavy atom. The number of benzene rings is 1. The first-order valence-corrected chi connectivity index (χ1v) is 5.03. The summed E-state index contributed by atoms with van der Waals surface area (Å²) in [5.74, 6) is -0.115. The van der Waals surface area contributed by atoms with Crippen LogP contribution >= 0.6 is 15.9 Å². The highest BCUT2D eigenvalue weighted by atomic mass is 79.9. The molecule has 0 saturated carbocycles. The fraction of sp³-hybridized carbons (Fsp3) is 0.400. The van der Waals surface area contributed by atoms with Gasteiger partial charge in [-0.05, 0) is 50.2 Å². The van der Waals surface area contributed by atoms with Gasteiger partial charge in [-0.3, -0.25) is 0 Å². The Morgan fingerprint density at radius 1 is 1.46 bits per heavy atom. The second-order valence-corrected chi connectivity index (χ2v) is 3.90. The van der Waals surface area contributed by atoms with Crippen LogP contribution in [-0.2, 0) is 6.42 Å². The number of halogens is 2. The van der Waals surface area contributed by atoms with Crippen molar-refractivity contribution in [2.75, 3.05) is 13.6 Å². The van der Waals surface area contributed by atoms with Gasteiger partial charge >= 0.3 is 0 Å². The van der Waals surface area contributed by atoms with E-state index in [0.29, 0.717) is 0 Å². The summed E-state index contributed by atoms with van der Waals surface area (Å²) in [5.41, 5.74) is 1.69. The van der Waals surface area contributed by atoms with Crippen molar-refractivity contribution in [3.8, 4) is 0 Å². The Kier molecular flexibility index (Phi) is 3.88. The number of rotatable bonds is 3. The molecule has 0 amide bonds. The van der Waals surface area contributed by atoms with Crippen LogP contribution in [0.4, 0.5) is 4.39 Å². The number of nitrogens with one attached hydrogen (secondary N) is 1. The molecule has 0 aliphatic rings. The molecule has 0 unspecified atom stereocenters. The SMILES string of the molecule is CNCCc1cc(Br)c(C)cc1F. The maximum atomic E-state index is 13.3. The fourth-order valence-corrected chi connectivity index (χ4v) is 1.53. The van der Waals surface area contributed by atoms with E-state index < -0.39 is 0 Å². The van der Waals surface area contributed by atoms with E-state index in [1.54, 1.807) is 6.07 Å². The molecule has 0 heterocycles. The van der Waals surface area contributed by atoms with Crippen molar-refractivity contribution in [3.05, 3.63) is 33.5 Å². The van der Waals surface area contributed by atoms with Gasteiger partial charge in [0.1, 0.15) is 5.82 Å². The summed E-state index contributed by atoms with van der Waals surface area (Å²) in [7, 11) is 1.86. The lowest BCUT2D eigenvalue weighted by Crippen LogP contribution is -2.11. The molecule has 0 radical (unpaired) electrons. The minimum Gasteiger partial charge on any atom is -0.319 e. The maximum absolute atomic E-state index is 13.3. The summed E-state index contributed by atoms with van der Waals surface area (Å²) >= 11 is 3.39. The monoisotopic (exact) mass is 245 g/mol. The smallest absolute Gasteiger partial charge is 0.126 e. The summed E-state index contributed by atoms with van der Waals surface area (Å²) in [6.07, 6.45) is 0.723. The Balaban J connectivity index is 2.88. The lowest BCUT2D eigenvalue weighted by Gasteiger charge is -2.05. The average Bonchev–Trinajstić information content (AvgIpc) is 2.09. The normalized spacial score (nSPS) is 10.5. The van der Waals surface area contributed by atoms with Gasteiger partial charge in [-0.1, -0.05) is 15.9 Å². The molecule has 3 heteroatoms. The summed E-state index contributed by atoms with van der Waals surface area (Å²) in [5, 5.41) is 3.00. The van der Waals surface area contributed by atoms with Crippen molar-refractivity contribution in [2.24, 2.45) is 0 Å². The van der Waals surface area contributed by atoms with Gasteiger partial charge in [0, 0.05) is 4.47 Å². The van der Waals surface area contributed by atoms with E-state index in [2.05, 4.69) is 21.2 Å². The Morgan fingerprint density at radius 2 is 2.15 bits per heavy atom. The first kappa shape index (κ1) is 10.7. The van der Waals surface area contributed by atoms with E-state index in [4.69, 9.17) is 0 Å². The van der Waals surface area contributed by atoms with E-state index >= 15 is 0 Å². The summed E-state index contributed by atoms with van der Waals surface area (Å²) in [4.78, 5) is 0. The number of likely N-dealkylation sites (N-methyl/N-ethyl adjacent to an activating group) is 1. The summed E-state index contributed by atoms with van der Waals surface area (Å²) in [6.45, 7) is 2.68. The lowest BCUT2D eigenvalue weighted by atomic mass is 10.1. The van der Waals surface area contributed by atoms with Gasteiger partial charge < -0.3 is 5.32 Å². The molecular weight excluding hydrogens is 233 g/mol. The van der Waals surface area contributed by atoms with Gasteiger partial charge in [0.25, 0.3) is 0 Å². The van der Waals surface area contributed by atoms with Gasteiger partial charge in [-0.2, -0.15) is 0 Å². The molecule has 1 nitrogen and oxygen atoms in total. The molecule has 0 bridgehead atoms. The highest BCUT2D eigenvalue weighted by Gasteiger charge is 2.04. The van der Waals surface area contributed by atoms with Gasteiger partial charge in [0.15, 0.2) is 0 Å². The minimum absolute atomic E-state index is 0.115. The van der Waals surface area contributed by atoms with Gasteiger partial charge in [0.05, 0.1) is 0 Å². The average molecular weight is 246 g/mol. The van der Waals surface area contributed by atoms with Crippen LogP contribution in [0.15, 0.2) is 16.6 Å². The minimum atomic E-state index is -0.115. The van der Waals surface area contributed by atoms with Gasteiger partial charge in [0.2, 0.25) is 0 Å². The van der Waals surface area contributed by atoms with Crippen LogP contribution in [-0.4, -0.2) is 13.6 Å². The zero-order valence-corrected chi connectivity index (χ0v) is 9.41. The molecule has 0 aliphatic carbocycles. The van der Waals surface area contributed by atoms with Gasteiger partial charge in [-0.25, -0.2) is 4.39 Å². The first-order valence-electron chi connectivity index (χ1n) is 4.24. The first-order chi connectivity index (χ1) is 6.15. The largest absolute Gasteiger partial charge is 0.319 e. The topological polar surface area (TPSA) is 12.0 Å². The van der Waals surface area contributed by atoms with E-state index in [-0.39, 0.29) is 5.82 Å². The van der Waals surface area contributed by atoms with Crippen molar-refractivity contribution in [1.29, 1.82) is 0 Å². The summed E-state index contributed by atoms with van der Waals surface area (Å²) in [6, 6.07) is 3.41. The highest BCUT2D eigenvalue weighted by Crippen LogP contribution is 2.20. The predicted molar refractivity (Wildman–Crippen MR) is 56.5 cm³/mol. The standard InChI is InChI=1S/C10H13BrFN/c1-7-5-10(12)8(3-4-13-2)6-9(7)11/h5-6,13H,3-4H2,1-2H3. The Bertz CT molecular complexity index is 299.